The third-order valence-corrected chi connectivity index (χ3v) is 0. The van der Waals surface area contributed by atoms with Gasteiger partial charge in [0.05, 0.1) is 0 Å². The zero-order valence-electron chi connectivity index (χ0n) is 2.72. The summed E-state index contributed by atoms with van der Waals surface area (Å²) in [5, 5.41) is 0. The van der Waals surface area contributed by atoms with E-state index in [0.717, 1.165) is 0 Å². The topological polar surface area (TPSA) is 80.3 Å². The Labute approximate surface area is 73.7 Å². The van der Waals surface area contributed by atoms with Crippen molar-refractivity contribution in [2.75, 3.05) is 0 Å². The van der Waals surface area contributed by atoms with Crippen LogP contribution in [0.15, 0.2) is 0 Å². The first-order valence-corrected chi connectivity index (χ1v) is 2.54. The van der Waals surface area contributed by atoms with Crippen LogP contribution in [0, 0.1) is 0 Å². The normalized spacial score (nSPS) is 9.67. The van der Waals surface area contributed by atoms with Crippen molar-refractivity contribution >= 4 is 45.5 Å². The monoisotopic (exact) mass is 207 g/mol. The minimum absolute atomic E-state index is 0. The number of rotatable bonds is 0. The summed E-state index contributed by atoms with van der Waals surface area (Å²) in [6, 6.07) is 0. The molecule has 0 aromatic rings. The summed E-state index contributed by atoms with van der Waals surface area (Å²) in [4.78, 5) is 0. The predicted octanol–water partition coefficient (Wildman–Crippen LogP) is -3.00. The Morgan fingerprint density at radius 1 is 1.17 bits per heavy atom. The minimum Gasteiger partial charge on any atom is 2.00 e. The van der Waals surface area contributed by atoms with Crippen LogP contribution in [0.1, 0.15) is 0 Å². The molecule has 0 bridgehead atoms. The number of hydrogen-bond donors (Lipinski definition) is 0. The molecule has 6 heavy (non-hydrogen) atoms. The van der Waals surface area contributed by atoms with Gasteiger partial charge in [-0.15, -0.1) is 0 Å². The third-order valence-electron chi connectivity index (χ3n) is 0. The van der Waals surface area contributed by atoms with Crippen LogP contribution in [0.5, 0.6) is 0 Å². The molecule has 0 aromatic carbocycles. The first kappa shape index (κ1) is 10.5. The van der Waals surface area contributed by atoms with Crippen molar-refractivity contribution in [2.45, 2.75) is 0 Å². The molecule has 0 aliphatic carbocycles. The molecule has 0 aromatic heterocycles. The second kappa shape index (κ2) is 3.51. The Hall–Kier alpha value is 1.52. The third kappa shape index (κ3) is 48.8. The molecule has 0 rings (SSSR count). The molecule has 0 fully saturated rings. The molecule has 0 heterocycles. The first-order valence-electron chi connectivity index (χ1n) is 0.617. The molecule has 6 heteroatoms. The van der Waals surface area contributed by atoms with E-state index in [9.17, 15) is 0 Å². The zero-order chi connectivity index (χ0) is 4.50. The van der Waals surface area contributed by atoms with Crippen LogP contribution in [0.2, 0.25) is 0 Å². The summed E-state index contributed by atoms with van der Waals surface area (Å²) in [6.45, 7) is 0. The van der Waals surface area contributed by atoms with Crippen LogP contribution in [0.25, 0.3) is 0 Å². The fraction of sp³-hybridized carbons (Fsp3) is 0. The van der Waals surface area contributed by atoms with Gasteiger partial charge in [-0.1, -0.05) is 0 Å². The van der Waals surface area contributed by atoms with Crippen molar-refractivity contribution in [1.29, 1.82) is 0 Å². The van der Waals surface area contributed by atoms with Gasteiger partial charge in [0.1, 0.15) is 0 Å². The van der Waals surface area contributed by atoms with E-state index in [0.29, 0.717) is 0 Å². The summed E-state index contributed by atoms with van der Waals surface area (Å²) < 4.78 is 34.3. The first-order chi connectivity index (χ1) is 2.00. The molecule has 0 saturated heterocycles. The molecule has 0 unspecified atom stereocenters. The van der Waals surface area contributed by atoms with E-state index < -0.39 is 13.4 Å². The Balaban J connectivity index is 0. The maximum Gasteiger partial charge on any atom is 2.00 e. The van der Waals surface area contributed by atoms with Gasteiger partial charge in [0.15, 0.2) is 0 Å². The van der Waals surface area contributed by atoms with Crippen molar-refractivity contribution in [2.24, 2.45) is 0 Å². The van der Waals surface area contributed by atoms with Crippen LogP contribution >= 0.6 is 0 Å². The molecule has 0 saturated carbocycles. The fourth-order valence-electron chi connectivity index (χ4n) is 0. The van der Waals surface area contributed by atoms with Gasteiger partial charge in [-0.2, -0.15) is 0 Å². The van der Waals surface area contributed by atoms with Crippen LogP contribution < -0.4 is 8.38 Å². The van der Waals surface area contributed by atoms with Gasteiger partial charge in [0.25, 0.3) is 0 Å². The van der Waals surface area contributed by atoms with E-state index >= 15 is 0 Å². The van der Waals surface area contributed by atoms with E-state index in [1.807, 2.05) is 0 Å². The van der Waals surface area contributed by atoms with E-state index in [1.54, 1.807) is 0 Å². The average Bonchev–Trinajstić information content (AvgIpc) is 0.722. The minimum atomic E-state index is -5.62. The molecule has 4 nitrogen and oxygen atoms in total. The Kier molecular flexibility index (Phi) is 6.14. The summed E-state index contributed by atoms with van der Waals surface area (Å²) >= 11 is -5.62. The molecule has 0 N–H and O–H groups in total. The van der Waals surface area contributed by atoms with Crippen molar-refractivity contribution in [1.82, 2.24) is 0 Å². The number of hydrogen-bond acceptors (Lipinski definition) is 4. The van der Waals surface area contributed by atoms with Crippen molar-refractivity contribution < 1.29 is 29.4 Å². The average molecular weight is 207 g/mol. The summed E-state index contributed by atoms with van der Waals surface area (Å²) in [7, 11) is 0. The molecule has 0 radical (unpaired) electrons. The van der Waals surface area contributed by atoms with Gasteiger partial charge in [-0.25, -0.2) is 0 Å². The Morgan fingerprint density at radius 2 is 1.17 bits per heavy atom. The smallest absolute Gasteiger partial charge is 2.00 e. The molecule has 0 aliphatic heterocycles. The SMILES string of the molecule is [O]=[Mn](=[O])([O-])[O-].[Sr+2]. The van der Waals surface area contributed by atoms with Crippen molar-refractivity contribution in [3.63, 3.8) is 0 Å². The molecule has 0 atom stereocenters. The second-order valence-corrected chi connectivity index (χ2v) is 1.56. The molecule has 0 aliphatic rings. The van der Waals surface area contributed by atoms with E-state index in [1.165, 1.54) is 0 Å². The molecular weight excluding hydrogens is 207 g/mol. The zero-order valence-corrected chi connectivity index (χ0v) is 7.37. The van der Waals surface area contributed by atoms with Crippen LogP contribution in [-0.4, -0.2) is 45.5 Å². The van der Waals surface area contributed by atoms with E-state index in [-0.39, 0.29) is 45.5 Å². The van der Waals surface area contributed by atoms with Crippen LogP contribution in [-0.2, 0) is 21.0 Å². The van der Waals surface area contributed by atoms with Gasteiger partial charge < -0.3 is 0 Å². The van der Waals surface area contributed by atoms with Gasteiger partial charge in [-0.3, -0.25) is 0 Å². The summed E-state index contributed by atoms with van der Waals surface area (Å²) in [5.74, 6) is 0. The molecule has 33 valence electrons. The van der Waals surface area contributed by atoms with Gasteiger partial charge in [-0.05, 0) is 0 Å². The fourth-order valence-corrected chi connectivity index (χ4v) is 0. The van der Waals surface area contributed by atoms with E-state index in [4.69, 9.17) is 16.0 Å². The molecule has 0 amide bonds. The molecule has 0 spiro atoms. The van der Waals surface area contributed by atoms with Gasteiger partial charge in [0, 0.05) is 0 Å². The van der Waals surface area contributed by atoms with Gasteiger partial charge in [0.2, 0.25) is 0 Å². The standard InChI is InChI=1S/Mn.4O.Sr/q;;;2*-1;+2. The maximum atomic E-state index is 8.58. The van der Waals surface area contributed by atoms with Crippen molar-refractivity contribution in [3.05, 3.63) is 0 Å². The molecular formula is MnO4Sr. The largest absolute Gasteiger partial charge is 2.00 e. The van der Waals surface area contributed by atoms with Crippen molar-refractivity contribution in [3.8, 4) is 0 Å². The quantitative estimate of drug-likeness (QED) is 0.396. The second-order valence-electron chi connectivity index (χ2n) is 0.378. The van der Waals surface area contributed by atoms with Crippen LogP contribution in [0.3, 0.4) is 0 Å². The Bertz CT molecular complexity index is 90.7. The Morgan fingerprint density at radius 3 is 1.17 bits per heavy atom. The van der Waals surface area contributed by atoms with Gasteiger partial charge >= 0.3 is 74.9 Å². The van der Waals surface area contributed by atoms with Crippen LogP contribution in [0.4, 0.5) is 0 Å². The van der Waals surface area contributed by atoms with E-state index in [2.05, 4.69) is 0 Å². The summed E-state index contributed by atoms with van der Waals surface area (Å²) in [5.41, 5.74) is 0. The summed E-state index contributed by atoms with van der Waals surface area (Å²) in [6.07, 6.45) is 0. The predicted molar refractivity (Wildman–Crippen MR) is 7.13 cm³/mol. The maximum absolute atomic E-state index is 8.58.